The molecule has 9 aliphatic rings. The number of hydrogen-bond acceptors (Lipinski definition) is 6. The van der Waals surface area contributed by atoms with Gasteiger partial charge in [0.25, 0.3) is 0 Å². The fourth-order valence-electron chi connectivity index (χ4n) is 18.2. The predicted molar refractivity (Wildman–Crippen MR) is 254 cm³/mol. The Hall–Kier alpha value is -4.05. The van der Waals surface area contributed by atoms with Gasteiger partial charge in [-0.25, -0.2) is 4.79 Å². The molecule has 9 heteroatoms. The Kier molecular flexibility index (Phi) is 10.5. The van der Waals surface area contributed by atoms with Gasteiger partial charge in [-0.1, -0.05) is 68.1 Å². The van der Waals surface area contributed by atoms with E-state index in [0.29, 0.717) is 53.3 Å². The summed E-state index contributed by atoms with van der Waals surface area (Å²) in [4.78, 5) is 45.4. The van der Waals surface area contributed by atoms with Crippen LogP contribution in [0.5, 0.6) is 0 Å². The summed E-state index contributed by atoms with van der Waals surface area (Å²) in [7, 11) is 2.32. The van der Waals surface area contributed by atoms with Gasteiger partial charge in [-0.3, -0.25) is 19.4 Å². The molecule has 6 fully saturated rings. The molecule has 3 N–H and O–H groups in total. The van der Waals surface area contributed by atoms with Crippen molar-refractivity contribution in [3.63, 3.8) is 0 Å². The minimum atomic E-state index is -0.823. The van der Waals surface area contributed by atoms with Crippen molar-refractivity contribution in [1.82, 2.24) is 14.7 Å². The summed E-state index contributed by atoms with van der Waals surface area (Å²) in [6.45, 7) is 7.23. The van der Waals surface area contributed by atoms with Gasteiger partial charge >= 0.3 is 17.9 Å². The van der Waals surface area contributed by atoms with Crippen molar-refractivity contribution in [2.45, 2.75) is 156 Å². The Morgan fingerprint density at radius 3 is 1.91 bits per heavy atom. The zero-order valence-corrected chi connectivity index (χ0v) is 39.4. The van der Waals surface area contributed by atoms with Gasteiger partial charge in [-0.2, -0.15) is 0 Å². The van der Waals surface area contributed by atoms with Gasteiger partial charge in [0.15, 0.2) is 0 Å². The number of piperidine rings is 3. The molecule has 3 heterocycles. The third-order valence-electron chi connectivity index (χ3n) is 21.1. The van der Waals surface area contributed by atoms with Crippen LogP contribution in [0.25, 0.3) is 0 Å². The number of hydrogen-bond donors (Lipinski definition) is 3. The maximum atomic E-state index is 12.5. The van der Waals surface area contributed by atoms with Gasteiger partial charge in [0, 0.05) is 47.5 Å². The maximum absolute atomic E-state index is 12.5. The monoisotopic (exact) mass is 894 g/mol. The van der Waals surface area contributed by atoms with Crippen molar-refractivity contribution in [2.24, 2.45) is 29.6 Å². The number of aromatic carboxylic acids is 1. The Labute approximate surface area is 391 Å². The third-order valence-corrected chi connectivity index (χ3v) is 21.1. The van der Waals surface area contributed by atoms with Crippen molar-refractivity contribution in [3.8, 4) is 0 Å². The summed E-state index contributed by atoms with van der Waals surface area (Å²) < 4.78 is 0. The Bertz CT molecular complexity index is 2470. The molecule has 12 unspecified atom stereocenters. The average molecular weight is 894 g/mol. The van der Waals surface area contributed by atoms with Crippen LogP contribution in [0.3, 0.4) is 0 Å². The van der Waals surface area contributed by atoms with Crippen LogP contribution in [0.4, 0.5) is 0 Å². The van der Waals surface area contributed by atoms with Crippen molar-refractivity contribution in [3.05, 3.63) is 105 Å². The first-order valence-corrected chi connectivity index (χ1v) is 26.2. The number of nitrogens with zero attached hydrogens (tertiary/aromatic N) is 3. The first-order valence-electron chi connectivity index (χ1n) is 26.2. The van der Waals surface area contributed by atoms with E-state index in [2.05, 4.69) is 70.3 Å². The van der Waals surface area contributed by atoms with Crippen LogP contribution in [0.1, 0.15) is 151 Å². The molecule has 0 amide bonds. The van der Waals surface area contributed by atoms with Gasteiger partial charge in [0.05, 0.1) is 17.9 Å². The van der Waals surface area contributed by atoms with E-state index in [1.54, 1.807) is 0 Å². The Morgan fingerprint density at radius 2 is 1.21 bits per heavy atom. The summed E-state index contributed by atoms with van der Waals surface area (Å²) in [5.74, 6) is -0.294. The van der Waals surface area contributed by atoms with Gasteiger partial charge in [0.2, 0.25) is 0 Å². The number of carboxylic acid groups (broad SMARTS) is 3. The lowest BCUT2D eigenvalue weighted by molar-refractivity contribution is -0.138. The molecule has 3 saturated carbocycles. The summed E-state index contributed by atoms with van der Waals surface area (Å²) in [5, 5.41) is 30.3. The van der Waals surface area contributed by atoms with Gasteiger partial charge < -0.3 is 20.2 Å². The molecule has 6 bridgehead atoms. The molecule has 9 nitrogen and oxygen atoms in total. The lowest BCUT2D eigenvalue weighted by Gasteiger charge is -2.65. The first-order chi connectivity index (χ1) is 31.9. The van der Waals surface area contributed by atoms with E-state index >= 15 is 0 Å². The van der Waals surface area contributed by atoms with Crippen LogP contribution in [-0.4, -0.2) is 106 Å². The standard InChI is InChI=1S/C57H71N3O6/c1-34(53(63)64)36-14-15-39-31-51-45-11-6-8-42(32-59-23-19-55-18-4-3-9-43(55)50(59)30-37-13-12-35(25-46(37)55)26-52(61)62)57(45,47(39)27-36)21-24-60(51)33-41-7-5-10-44-49-29-38-16-17-40(54(65)66)28-48(38)56(41,44)20-22-58(49)2/h12-17,25,27-28,34,41-45,49-51H,3-11,18-24,26,29-33H2,1-2H3,(H,61,62)(H,63,64)(H,65,66). The second kappa shape index (κ2) is 16.0. The van der Waals surface area contributed by atoms with Crippen LogP contribution < -0.4 is 0 Å². The van der Waals surface area contributed by atoms with E-state index in [0.717, 1.165) is 82.4 Å². The molecule has 66 heavy (non-hydrogen) atoms. The van der Waals surface area contributed by atoms with Crippen LogP contribution >= 0.6 is 0 Å². The molecule has 12 atom stereocenters. The quantitative estimate of drug-likeness (QED) is 0.194. The van der Waals surface area contributed by atoms with Crippen molar-refractivity contribution in [2.75, 3.05) is 39.8 Å². The van der Waals surface area contributed by atoms with Crippen LogP contribution in [0, 0.1) is 29.6 Å². The summed E-state index contributed by atoms with van der Waals surface area (Å²) in [6, 6.07) is 21.0. The van der Waals surface area contributed by atoms with E-state index in [1.807, 2.05) is 13.0 Å². The van der Waals surface area contributed by atoms with Crippen molar-refractivity contribution < 1.29 is 29.7 Å². The van der Waals surface area contributed by atoms with Crippen LogP contribution in [0.15, 0.2) is 54.6 Å². The SMILES string of the molecule is CC(C(=O)O)c1ccc2c(c1)C13CCN(CC4CCCC5C6Cc7ccc(C(=O)O)cc7C45CCN6C)C(C2)C1CCCC3CN1CCC23CCCCC2C1Cc1ccc(CC(=O)O)cc13. The highest BCUT2D eigenvalue weighted by Gasteiger charge is 2.62. The molecule has 350 valence electrons. The van der Waals surface area contributed by atoms with E-state index in [-0.39, 0.29) is 22.7 Å². The number of likely N-dealkylation sites (N-methyl/N-ethyl adjacent to an activating group) is 1. The second-order valence-corrected chi connectivity index (χ2v) is 23.3. The average Bonchev–Trinajstić information content (AvgIpc) is 3.31. The van der Waals surface area contributed by atoms with Gasteiger partial charge in [0.1, 0.15) is 0 Å². The number of fused-ring (bicyclic) bond motifs is 3. The highest BCUT2D eigenvalue weighted by atomic mass is 16.4. The number of benzene rings is 3. The highest BCUT2D eigenvalue weighted by molar-refractivity contribution is 5.88. The Balaban J connectivity index is 0.900. The normalized spacial score (nSPS) is 37.2. The maximum Gasteiger partial charge on any atom is 0.335 e. The van der Waals surface area contributed by atoms with Crippen LogP contribution in [0.2, 0.25) is 0 Å². The van der Waals surface area contributed by atoms with Gasteiger partial charge in [-0.15, -0.1) is 0 Å². The topological polar surface area (TPSA) is 122 Å². The highest BCUT2D eigenvalue weighted by Crippen LogP contribution is 2.63. The van der Waals surface area contributed by atoms with E-state index in [1.165, 1.54) is 97.6 Å². The third kappa shape index (κ3) is 6.36. The number of carboxylic acids is 3. The summed E-state index contributed by atoms with van der Waals surface area (Å²) >= 11 is 0. The minimum absolute atomic E-state index is 0.00834. The molecule has 3 aromatic carbocycles. The minimum Gasteiger partial charge on any atom is -0.481 e. The van der Waals surface area contributed by atoms with Crippen molar-refractivity contribution >= 4 is 17.9 Å². The lowest BCUT2D eigenvalue weighted by Crippen LogP contribution is -2.68. The molecular formula is C57H71N3O6. The van der Waals surface area contributed by atoms with Crippen LogP contribution in [-0.2, 0) is 51.5 Å². The summed E-state index contributed by atoms with van der Waals surface area (Å²) in [5.41, 5.74) is 11.0. The molecule has 3 aliphatic heterocycles. The summed E-state index contributed by atoms with van der Waals surface area (Å²) in [6.07, 6.45) is 18.8. The number of aliphatic carboxylic acids is 2. The van der Waals surface area contributed by atoms with Crippen molar-refractivity contribution in [1.29, 1.82) is 0 Å². The zero-order chi connectivity index (χ0) is 45.3. The molecular weight excluding hydrogens is 823 g/mol. The fourth-order valence-corrected chi connectivity index (χ4v) is 18.2. The predicted octanol–water partition coefficient (Wildman–Crippen LogP) is 8.86. The molecule has 6 aliphatic carbocycles. The molecule has 12 rings (SSSR count). The lowest BCUT2D eigenvalue weighted by atomic mass is 9.46. The smallest absolute Gasteiger partial charge is 0.335 e. The second-order valence-electron chi connectivity index (χ2n) is 23.3. The largest absolute Gasteiger partial charge is 0.481 e. The number of likely N-dealkylation sites (tertiary alicyclic amines) is 3. The molecule has 0 spiro atoms. The van der Waals surface area contributed by atoms with E-state index in [4.69, 9.17) is 0 Å². The number of carbonyl (C=O) groups is 3. The van der Waals surface area contributed by atoms with Gasteiger partial charge in [-0.05, 0) is 197 Å². The number of rotatable bonds is 9. The fraction of sp³-hybridized carbons (Fsp3) is 0.632. The molecule has 0 radical (unpaired) electrons. The Morgan fingerprint density at radius 1 is 0.621 bits per heavy atom. The zero-order valence-electron chi connectivity index (χ0n) is 39.4. The van der Waals surface area contributed by atoms with E-state index < -0.39 is 23.8 Å². The first kappa shape index (κ1) is 43.2. The molecule has 0 aromatic heterocycles. The molecule has 3 saturated heterocycles. The van der Waals surface area contributed by atoms with E-state index in [9.17, 15) is 29.7 Å². The molecule has 3 aromatic rings.